The second-order valence-corrected chi connectivity index (χ2v) is 8.50. The van der Waals surface area contributed by atoms with E-state index in [9.17, 15) is 13.2 Å². The Morgan fingerprint density at radius 1 is 1.11 bits per heavy atom. The van der Waals surface area contributed by atoms with Crippen LogP contribution in [0.4, 0.5) is 0 Å². The third-order valence-electron chi connectivity index (χ3n) is 4.46. The van der Waals surface area contributed by atoms with Gasteiger partial charge in [0.15, 0.2) is 9.84 Å². The maximum absolute atomic E-state index is 12.7. The first kappa shape index (κ1) is 19.4. The molecular weight excluding hydrogens is 368 g/mol. The van der Waals surface area contributed by atoms with Crippen LogP contribution in [0.25, 0.3) is 0 Å². The van der Waals surface area contributed by atoms with Gasteiger partial charge in [-0.3, -0.25) is 4.79 Å². The first-order chi connectivity index (χ1) is 12.9. The molecule has 1 fully saturated rings. The van der Waals surface area contributed by atoms with Crippen LogP contribution >= 0.6 is 0 Å². The molecule has 0 amide bonds. The fourth-order valence-corrected chi connectivity index (χ4v) is 4.74. The van der Waals surface area contributed by atoms with Gasteiger partial charge < -0.3 is 14.2 Å². The lowest BCUT2D eigenvalue weighted by atomic mass is 10.1. The van der Waals surface area contributed by atoms with Gasteiger partial charge in [0, 0.05) is 0 Å². The maximum Gasteiger partial charge on any atom is 0.309 e. The van der Waals surface area contributed by atoms with Crippen molar-refractivity contribution in [3.8, 4) is 11.5 Å². The van der Waals surface area contributed by atoms with Crippen LogP contribution < -0.4 is 4.74 Å². The molecule has 1 heterocycles. The quantitative estimate of drug-likeness (QED) is 0.509. The highest BCUT2D eigenvalue weighted by Gasteiger charge is 2.41. The van der Waals surface area contributed by atoms with Crippen LogP contribution in [0.15, 0.2) is 53.4 Å². The zero-order valence-electron chi connectivity index (χ0n) is 15.3. The highest BCUT2D eigenvalue weighted by molar-refractivity contribution is 7.92. The van der Waals surface area contributed by atoms with Crippen molar-refractivity contribution in [2.75, 3.05) is 13.7 Å². The molecule has 0 spiro atoms. The smallest absolute Gasteiger partial charge is 0.309 e. The van der Waals surface area contributed by atoms with E-state index in [1.165, 1.54) is 7.11 Å². The van der Waals surface area contributed by atoms with Crippen LogP contribution in [0.1, 0.15) is 18.9 Å². The number of esters is 1. The van der Waals surface area contributed by atoms with E-state index in [2.05, 4.69) is 4.74 Å². The van der Waals surface area contributed by atoms with E-state index in [4.69, 9.17) is 9.47 Å². The van der Waals surface area contributed by atoms with E-state index in [0.717, 1.165) is 5.56 Å². The second kappa shape index (κ2) is 8.10. The standard InChI is InChI=1S/C20H22O6S/c1-3-19(18-13-25-18)27(22,23)17-10-8-16(9-11-17)26-15-6-4-14(5-7-15)12-20(21)24-2/h4-11,18-19H,3,12-13H2,1-2H3. The minimum absolute atomic E-state index is 0.195. The van der Waals surface area contributed by atoms with Crippen LogP contribution in [0.3, 0.4) is 0 Å². The van der Waals surface area contributed by atoms with Crippen molar-refractivity contribution in [1.82, 2.24) is 0 Å². The molecule has 1 aliphatic rings. The summed E-state index contributed by atoms with van der Waals surface area (Å²) in [5.41, 5.74) is 0.823. The van der Waals surface area contributed by atoms with Crippen LogP contribution in [0.2, 0.25) is 0 Å². The Balaban J connectivity index is 1.68. The van der Waals surface area contributed by atoms with Gasteiger partial charge in [-0.1, -0.05) is 19.1 Å². The number of hydrogen-bond acceptors (Lipinski definition) is 6. The van der Waals surface area contributed by atoms with Crippen molar-refractivity contribution in [3.63, 3.8) is 0 Å². The normalized spacial score (nSPS) is 17.2. The zero-order valence-corrected chi connectivity index (χ0v) is 16.1. The lowest BCUT2D eigenvalue weighted by molar-refractivity contribution is -0.139. The molecular formula is C20H22O6S. The van der Waals surface area contributed by atoms with Crippen LogP contribution in [0, 0.1) is 0 Å². The molecule has 2 aromatic rings. The average Bonchev–Trinajstić information content (AvgIpc) is 3.49. The summed E-state index contributed by atoms with van der Waals surface area (Å²) in [5.74, 6) is 0.824. The SMILES string of the molecule is CCC(C1CO1)S(=O)(=O)c1ccc(Oc2ccc(CC(=O)OC)cc2)cc1. The number of hydrogen-bond donors (Lipinski definition) is 0. The van der Waals surface area contributed by atoms with Gasteiger partial charge in [0.1, 0.15) is 11.5 Å². The zero-order chi connectivity index (χ0) is 19.4. The molecule has 0 bridgehead atoms. The third kappa shape index (κ3) is 4.67. The number of carbonyl (C=O) groups is 1. The summed E-state index contributed by atoms with van der Waals surface area (Å²) in [6, 6.07) is 13.5. The van der Waals surface area contributed by atoms with E-state index in [1.807, 2.05) is 6.92 Å². The largest absolute Gasteiger partial charge is 0.469 e. The minimum atomic E-state index is -3.42. The van der Waals surface area contributed by atoms with Crippen LogP contribution in [0.5, 0.6) is 11.5 Å². The molecule has 7 heteroatoms. The Labute approximate surface area is 159 Å². The van der Waals surface area contributed by atoms with E-state index in [-0.39, 0.29) is 23.4 Å². The van der Waals surface area contributed by atoms with Gasteiger partial charge in [0.25, 0.3) is 0 Å². The Bertz CT molecular complexity index is 883. The third-order valence-corrected chi connectivity index (χ3v) is 6.83. The van der Waals surface area contributed by atoms with Crippen molar-refractivity contribution in [2.24, 2.45) is 0 Å². The maximum atomic E-state index is 12.7. The number of ether oxygens (including phenoxy) is 3. The number of benzene rings is 2. The predicted octanol–water partition coefficient (Wildman–Crippen LogP) is 3.15. The van der Waals surface area contributed by atoms with Gasteiger partial charge in [-0.15, -0.1) is 0 Å². The predicted molar refractivity (Wildman–Crippen MR) is 99.7 cm³/mol. The molecule has 144 valence electrons. The fraction of sp³-hybridized carbons (Fsp3) is 0.350. The monoisotopic (exact) mass is 390 g/mol. The summed E-state index contributed by atoms with van der Waals surface area (Å²) in [4.78, 5) is 11.5. The molecule has 0 saturated carbocycles. The van der Waals surface area contributed by atoms with E-state index < -0.39 is 15.1 Å². The lowest BCUT2D eigenvalue weighted by Gasteiger charge is -2.14. The molecule has 0 aromatic heterocycles. The first-order valence-corrected chi connectivity index (χ1v) is 10.3. The molecule has 2 atom stereocenters. The first-order valence-electron chi connectivity index (χ1n) is 8.73. The fourth-order valence-electron chi connectivity index (χ4n) is 2.87. The summed E-state index contributed by atoms with van der Waals surface area (Å²) in [6.45, 7) is 2.36. The molecule has 6 nitrogen and oxygen atoms in total. The molecule has 0 N–H and O–H groups in total. The number of sulfone groups is 1. The summed E-state index contributed by atoms with van der Waals surface area (Å²) < 4.78 is 41.0. The highest BCUT2D eigenvalue weighted by Crippen LogP contribution is 2.30. The molecule has 0 radical (unpaired) electrons. The van der Waals surface area contributed by atoms with Crippen molar-refractivity contribution in [2.45, 2.75) is 36.0 Å². The van der Waals surface area contributed by atoms with Gasteiger partial charge in [-0.2, -0.15) is 0 Å². The van der Waals surface area contributed by atoms with Gasteiger partial charge >= 0.3 is 5.97 Å². The number of methoxy groups -OCH3 is 1. The summed E-state index contributed by atoms with van der Waals surface area (Å²) in [7, 11) is -2.07. The molecule has 1 saturated heterocycles. The summed E-state index contributed by atoms with van der Waals surface area (Å²) in [5, 5.41) is -0.508. The molecule has 1 aliphatic heterocycles. The van der Waals surface area contributed by atoms with Gasteiger partial charge in [0.2, 0.25) is 0 Å². The summed E-state index contributed by atoms with van der Waals surface area (Å²) in [6.07, 6.45) is 0.523. The van der Waals surface area contributed by atoms with E-state index in [0.29, 0.717) is 24.5 Å². The van der Waals surface area contributed by atoms with Crippen molar-refractivity contribution < 1.29 is 27.4 Å². The Hall–Kier alpha value is -2.38. The molecule has 3 rings (SSSR count). The Morgan fingerprint density at radius 3 is 2.15 bits per heavy atom. The molecule has 2 aromatic carbocycles. The van der Waals surface area contributed by atoms with Crippen molar-refractivity contribution >= 4 is 15.8 Å². The topological polar surface area (TPSA) is 82.2 Å². The Kier molecular flexibility index (Phi) is 5.82. The summed E-state index contributed by atoms with van der Waals surface area (Å²) >= 11 is 0. The number of epoxide rings is 1. The van der Waals surface area contributed by atoms with Gasteiger partial charge in [-0.05, 0) is 48.4 Å². The number of carbonyl (C=O) groups excluding carboxylic acids is 1. The van der Waals surface area contributed by atoms with Crippen LogP contribution in [-0.4, -0.2) is 39.5 Å². The number of rotatable bonds is 8. The second-order valence-electron chi connectivity index (χ2n) is 6.33. The molecule has 2 unspecified atom stereocenters. The van der Waals surface area contributed by atoms with E-state index >= 15 is 0 Å². The van der Waals surface area contributed by atoms with E-state index in [1.54, 1.807) is 48.5 Å². The minimum Gasteiger partial charge on any atom is -0.469 e. The van der Waals surface area contributed by atoms with Gasteiger partial charge in [0.05, 0.1) is 36.4 Å². The molecule has 0 aliphatic carbocycles. The molecule has 27 heavy (non-hydrogen) atoms. The van der Waals surface area contributed by atoms with Crippen LogP contribution in [-0.2, 0) is 30.5 Å². The Morgan fingerprint density at radius 2 is 1.67 bits per heavy atom. The highest BCUT2D eigenvalue weighted by atomic mass is 32.2. The van der Waals surface area contributed by atoms with Crippen molar-refractivity contribution in [1.29, 1.82) is 0 Å². The van der Waals surface area contributed by atoms with Gasteiger partial charge in [-0.25, -0.2) is 8.42 Å². The average molecular weight is 390 g/mol. The van der Waals surface area contributed by atoms with Crippen molar-refractivity contribution in [3.05, 3.63) is 54.1 Å². The lowest BCUT2D eigenvalue weighted by Crippen LogP contribution is -2.26.